The molecular weight excluding hydrogens is 198 g/mol. The summed E-state index contributed by atoms with van der Waals surface area (Å²) in [5, 5.41) is 3.25. The van der Waals surface area contributed by atoms with Gasteiger partial charge < -0.3 is 11.1 Å². The molecule has 0 unspecified atom stereocenters. The molecule has 2 rings (SSSR count). The van der Waals surface area contributed by atoms with E-state index in [9.17, 15) is 0 Å². The molecule has 1 aromatic heterocycles. The number of aryl methyl sites for hydroxylation is 2. The molecule has 3 nitrogen and oxygen atoms in total. The molecule has 0 saturated heterocycles. The molecule has 0 saturated carbocycles. The molecule has 0 aliphatic heterocycles. The molecular formula is C13H15N3. The molecule has 3 heteroatoms. The average Bonchev–Trinajstić information content (AvgIpc) is 2.24. The zero-order valence-corrected chi connectivity index (χ0v) is 9.49. The summed E-state index contributed by atoms with van der Waals surface area (Å²) < 4.78 is 0. The number of anilines is 3. The topological polar surface area (TPSA) is 50.9 Å². The molecule has 2 aromatic rings. The van der Waals surface area contributed by atoms with Gasteiger partial charge in [-0.1, -0.05) is 6.07 Å². The van der Waals surface area contributed by atoms with Crippen LogP contribution in [0.4, 0.5) is 17.2 Å². The van der Waals surface area contributed by atoms with Crippen LogP contribution in [0.1, 0.15) is 11.3 Å². The normalized spacial score (nSPS) is 10.1. The highest BCUT2D eigenvalue weighted by molar-refractivity contribution is 5.62. The maximum Gasteiger partial charge on any atom is 0.130 e. The van der Waals surface area contributed by atoms with E-state index in [4.69, 9.17) is 5.73 Å². The zero-order chi connectivity index (χ0) is 11.5. The van der Waals surface area contributed by atoms with Crippen LogP contribution in [0.5, 0.6) is 0 Å². The molecule has 82 valence electrons. The van der Waals surface area contributed by atoms with Gasteiger partial charge in [-0.2, -0.15) is 0 Å². The summed E-state index contributed by atoms with van der Waals surface area (Å²) in [5.74, 6) is 0.851. The van der Waals surface area contributed by atoms with Gasteiger partial charge in [0.05, 0.1) is 0 Å². The second-order valence-electron chi connectivity index (χ2n) is 3.86. The van der Waals surface area contributed by atoms with Crippen molar-refractivity contribution in [3.8, 4) is 0 Å². The zero-order valence-electron chi connectivity index (χ0n) is 9.49. The third-order valence-electron chi connectivity index (χ3n) is 2.43. The van der Waals surface area contributed by atoms with Crippen LogP contribution in [0.3, 0.4) is 0 Å². The molecule has 1 heterocycles. The fourth-order valence-electron chi connectivity index (χ4n) is 1.51. The lowest BCUT2D eigenvalue weighted by molar-refractivity contribution is 1.20. The Kier molecular flexibility index (Phi) is 2.77. The molecule has 0 fully saturated rings. The van der Waals surface area contributed by atoms with Crippen molar-refractivity contribution in [3.05, 3.63) is 47.7 Å². The van der Waals surface area contributed by atoms with Gasteiger partial charge in [-0.3, -0.25) is 0 Å². The van der Waals surface area contributed by atoms with Gasteiger partial charge in [-0.15, -0.1) is 0 Å². The Bertz CT molecular complexity index is 506. The van der Waals surface area contributed by atoms with Gasteiger partial charge in [0.25, 0.3) is 0 Å². The first-order chi connectivity index (χ1) is 7.65. The van der Waals surface area contributed by atoms with Gasteiger partial charge in [-0.25, -0.2) is 4.98 Å². The number of pyridine rings is 1. The van der Waals surface area contributed by atoms with E-state index in [1.54, 1.807) is 0 Å². The van der Waals surface area contributed by atoms with Crippen LogP contribution in [0.25, 0.3) is 0 Å². The van der Waals surface area contributed by atoms with Crippen LogP contribution in [0.2, 0.25) is 0 Å². The van der Waals surface area contributed by atoms with Gasteiger partial charge in [0, 0.05) is 17.1 Å². The maximum atomic E-state index is 5.76. The number of hydrogen-bond donors (Lipinski definition) is 2. The summed E-state index contributed by atoms with van der Waals surface area (Å²) in [6, 6.07) is 11.8. The summed E-state index contributed by atoms with van der Waals surface area (Å²) in [6.07, 6.45) is 0. The second-order valence-corrected chi connectivity index (χ2v) is 3.86. The molecule has 0 amide bonds. The number of nitrogens with one attached hydrogen (secondary N) is 1. The lowest BCUT2D eigenvalue weighted by atomic mass is 10.2. The predicted molar refractivity (Wildman–Crippen MR) is 67.8 cm³/mol. The van der Waals surface area contributed by atoms with Gasteiger partial charge in [0.1, 0.15) is 5.82 Å². The van der Waals surface area contributed by atoms with Crippen LogP contribution in [0, 0.1) is 13.8 Å². The average molecular weight is 213 g/mol. The van der Waals surface area contributed by atoms with Crippen molar-refractivity contribution < 1.29 is 0 Å². The lowest BCUT2D eigenvalue weighted by Crippen LogP contribution is -1.96. The fraction of sp³-hybridized carbons (Fsp3) is 0.154. The first-order valence-corrected chi connectivity index (χ1v) is 5.22. The minimum Gasteiger partial charge on any atom is -0.399 e. The summed E-state index contributed by atoms with van der Waals surface area (Å²) in [4.78, 5) is 4.38. The minimum absolute atomic E-state index is 0.808. The predicted octanol–water partition coefficient (Wildman–Crippen LogP) is 3.02. The van der Waals surface area contributed by atoms with E-state index in [1.807, 2.05) is 50.2 Å². The Balaban J connectivity index is 2.24. The molecule has 16 heavy (non-hydrogen) atoms. The van der Waals surface area contributed by atoms with E-state index in [2.05, 4.69) is 10.3 Å². The fourth-order valence-corrected chi connectivity index (χ4v) is 1.51. The second kappa shape index (κ2) is 4.23. The number of nitrogens with two attached hydrogens (primary N) is 1. The van der Waals surface area contributed by atoms with Crippen molar-refractivity contribution in [3.63, 3.8) is 0 Å². The Morgan fingerprint density at radius 2 is 1.94 bits per heavy atom. The SMILES string of the molecule is Cc1cccc(Nc2ccc(N)c(C)c2)n1. The van der Waals surface area contributed by atoms with Gasteiger partial charge in [0.15, 0.2) is 0 Å². The van der Waals surface area contributed by atoms with Crippen molar-refractivity contribution in [2.75, 3.05) is 11.1 Å². The quantitative estimate of drug-likeness (QED) is 0.754. The summed E-state index contributed by atoms with van der Waals surface area (Å²) in [7, 11) is 0. The number of rotatable bonds is 2. The van der Waals surface area contributed by atoms with Gasteiger partial charge in [-0.05, 0) is 49.7 Å². The number of nitrogen functional groups attached to an aromatic ring is 1. The number of nitrogens with zero attached hydrogens (tertiary/aromatic N) is 1. The Labute approximate surface area is 95.3 Å². The monoisotopic (exact) mass is 213 g/mol. The van der Waals surface area contributed by atoms with E-state index in [1.165, 1.54) is 0 Å². The molecule has 0 spiro atoms. The van der Waals surface area contributed by atoms with Crippen molar-refractivity contribution in [1.29, 1.82) is 0 Å². The molecule has 0 bridgehead atoms. The highest BCUT2D eigenvalue weighted by atomic mass is 15.0. The Morgan fingerprint density at radius 3 is 2.62 bits per heavy atom. The summed E-state index contributed by atoms with van der Waals surface area (Å²) in [6.45, 7) is 3.96. The molecule has 0 aliphatic rings. The number of hydrogen-bond acceptors (Lipinski definition) is 3. The van der Waals surface area contributed by atoms with Crippen LogP contribution < -0.4 is 11.1 Å². The van der Waals surface area contributed by atoms with Crippen molar-refractivity contribution in [1.82, 2.24) is 4.98 Å². The third-order valence-corrected chi connectivity index (χ3v) is 2.43. The molecule has 3 N–H and O–H groups in total. The van der Waals surface area contributed by atoms with Crippen molar-refractivity contribution >= 4 is 17.2 Å². The third kappa shape index (κ3) is 2.31. The number of benzene rings is 1. The van der Waals surface area contributed by atoms with E-state index >= 15 is 0 Å². The Hall–Kier alpha value is -2.03. The van der Waals surface area contributed by atoms with E-state index in [-0.39, 0.29) is 0 Å². The first kappa shape index (κ1) is 10.5. The van der Waals surface area contributed by atoms with Gasteiger partial charge in [0.2, 0.25) is 0 Å². The summed E-state index contributed by atoms with van der Waals surface area (Å²) >= 11 is 0. The van der Waals surface area contributed by atoms with Crippen LogP contribution in [-0.2, 0) is 0 Å². The van der Waals surface area contributed by atoms with Crippen LogP contribution >= 0.6 is 0 Å². The van der Waals surface area contributed by atoms with E-state index < -0.39 is 0 Å². The lowest BCUT2D eigenvalue weighted by Gasteiger charge is -2.08. The van der Waals surface area contributed by atoms with E-state index in [0.717, 1.165) is 28.5 Å². The number of aromatic nitrogens is 1. The molecule has 0 atom stereocenters. The summed E-state index contributed by atoms with van der Waals surface area (Å²) in [5.41, 5.74) is 9.64. The van der Waals surface area contributed by atoms with E-state index in [0.29, 0.717) is 0 Å². The maximum absolute atomic E-state index is 5.76. The highest BCUT2D eigenvalue weighted by Crippen LogP contribution is 2.19. The molecule has 0 radical (unpaired) electrons. The van der Waals surface area contributed by atoms with Crippen molar-refractivity contribution in [2.24, 2.45) is 0 Å². The minimum atomic E-state index is 0.808. The van der Waals surface area contributed by atoms with Crippen LogP contribution in [-0.4, -0.2) is 4.98 Å². The molecule has 1 aromatic carbocycles. The van der Waals surface area contributed by atoms with Crippen molar-refractivity contribution in [2.45, 2.75) is 13.8 Å². The van der Waals surface area contributed by atoms with Crippen LogP contribution in [0.15, 0.2) is 36.4 Å². The molecule has 0 aliphatic carbocycles. The standard InChI is InChI=1S/C13H15N3/c1-9-8-11(6-7-12(9)14)16-13-5-3-4-10(2)15-13/h3-8H,14H2,1-2H3,(H,15,16). The first-order valence-electron chi connectivity index (χ1n) is 5.22. The Morgan fingerprint density at radius 1 is 1.12 bits per heavy atom. The highest BCUT2D eigenvalue weighted by Gasteiger charge is 1.98. The largest absolute Gasteiger partial charge is 0.399 e. The van der Waals surface area contributed by atoms with Gasteiger partial charge >= 0.3 is 0 Å². The smallest absolute Gasteiger partial charge is 0.130 e.